The van der Waals surface area contributed by atoms with Crippen molar-refractivity contribution in [2.24, 2.45) is 0 Å². The van der Waals surface area contributed by atoms with Gasteiger partial charge in [0.05, 0.1) is 17.1 Å². The van der Waals surface area contributed by atoms with Gasteiger partial charge in [-0.2, -0.15) is 0 Å². The first kappa shape index (κ1) is 46.2. The predicted octanol–water partition coefficient (Wildman–Crippen LogP) is 18.5. The Morgan fingerprint density at radius 3 is 1.30 bits per heavy atom. The SMILES string of the molecule is CC(C)(C)c1ccc(N2c3cccc4c3B(c3sc5ccc(C(C)(C)C)cc5c32)c2sc3ccc(C(C)(C)C)cc3c2N4c2ccc(C(C)(C)C)cc2-c2cccc3c4ccccc4c4ccccc4c23)cc1. The molecule has 2 aromatic heterocycles. The number of hydrogen-bond donors (Lipinski definition) is 0. The van der Waals surface area contributed by atoms with Crippen LogP contribution in [0.3, 0.4) is 0 Å². The molecule has 0 spiro atoms. The summed E-state index contributed by atoms with van der Waals surface area (Å²) >= 11 is 4.00. The summed E-state index contributed by atoms with van der Waals surface area (Å²) in [5.41, 5.74) is 16.7. The Hall–Kier alpha value is -6.66. The summed E-state index contributed by atoms with van der Waals surface area (Å²) in [6, 6.07) is 63.7. The summed E-state index contributed by atoms with van der Waals surface area (Å²) in [6.07, 6.45) is 0. The van der Waals surface area contributed by atoms with Gasteiger partial charge in [0.1, 0.15) is 0 Å². The van der Waals surface area contributed by atoms with E-state index in [1.807, 2.05) is 22.7 Å². The lowest BCUT2D eigenvalue weighted by molar-refractivity contribution is 0.590. The van der Waals surface area contributed by atoms with Gasteiger partial charge in [-0.1, -0.05) is 186 Å². The number of hydrogen-bond acceptors (Lipinski definition) is 4. The third-order valence-corrected chi connectivity index (χ3v) is 18.5. The highest BCUT2D eigenvalue weighted by molar-refractivity contribution is 7.40. The quantitative estimate of drug-likeness (QED) is 0.129. The molecule has 360 valence electrons. The summed E-state index contributed by atoms with van der Waals surface area (Å²) in [5.74, 6) is 0. The van der Waals surface area contributed by atoms with E-state index in [2.05, 4.69) is 257 Å². The molecule has 0 radical (unpaired) electrons. The van der Waals surface area contributed by atoms with Crippen LogP contribution in [-0.4, -0.2) is 6.71 Å². The van der Waals surface area contributed by atoms with Crippen molar-refractivity contribution in [1.29, 1.82) is 0 Å². The molecule has 73 heavy (non-hydrogen) atoms. The summed E-state index contributed by atoms with van der Waals surface area (Å²) < 4.78 is 5.48. The molecule has 0 saturated carbocycles. The van der Waals surface area contributed by atoms with Crippen LogP contribution in [0.5, 0.6) is 0 Å². The molecule has 0 atom stereocenters. The van der Waals surface area contributed by atoms with E-state index in [-0.39, 0.29) is 28.4 Å². The summed E-state index contributed by atoms with van der Waals surface area (Å²) in [7, 11) is 0. The first-order valence-electron chi connectivity index (χ1n) is 26.2. The van der Waals surface area contributed by atoms with Gasteiger partial charge in [-0.3, -0.25) is 0 Å². The number of fused-ring (bicyclic) bond motifs is 14. The largest absolute Gasteiger partial charge is 0.310 e. The van der Waals surface area contributed by atoms with Gasteiger partial charge in [0.15, 0.2) is 0 Å². The molecular weight excluding hydrogens is 920 g/mol. The van der Waals surface area contributed by atoms with Gasteiger partial charge >= 0.3 is 0 Å². The van der Waals surface area contributed by atoms with Gasteiger partial charge < -0.3 is 9.80 Å². The Kier molecular flexibility index (Phi) is 10.1. The molecule has 9 aromatic carbocycles. The maximum atomic E-state index is 2.71. The summed E-state index contributed by atoms with van der Waals surface area (Å²) in [4.78, 5) is 5.33. The number of anilines is 6. The van der Waals surface area contributed by atoms with Crippen molar-refractivity contribution in [2.75, 3.05) is 9.80 Å². The Morgan fingerprint density at radius 2 is 0.767 bits per heavy atom. The predicted molar refractivity (Wildman–Crippen MR) is 324 cm³/mol. The van der Waals surface area contributed by atoms with Gasteiger partial charge in [0.25, 0.3) is 6.71 Å². The normalized spacial score (nSPS) is 13.9. The lowest BCUT2D eigenvalue weighted by Gasteiger charge is -2.42. The third-order valence-electron chi connectivity index (χ3n) is 16.1. The highest BCUT2D eigenvalue weighted by Gasteiger charge is 2.47. The fourth-order valence-corrected chi connectivity index (χ4v) is 14.7. The number of benzene rings is 9. The monoisotopic (exact) mass is 982 g/mol. The molecule has 0 bridgehead atoms. The minimum absolute atomic E-state index is 0.000396. The Morgan fingerprint density at radius 1 is 0.342 bits per heavy atom. The molecule has 0 unspecified atom stereocenters. The van der Waals surface area contributed by atoms with E-state index < -0.39 is 0 Å². The van der Waals surface area contributed by atoms with E-state index in [0.717, 1.165) is 0 Å². The van der Waals surface area contributed by atoms with Crippen LogP contribution in [0.2, 0.25) is 0 Å². The number of thiophene rings is 2. The molecule has 2 nitrogen and oxygen atoms in total. The molecule has 0 amide bonds. The van der Waals surface area contributed by atoms with E-state index in [0.29, 0.717) is 0 Å². The van der Waals surface area contributed by atoms with Crippen molar-refractivity contribution in [3.05, 3.63) is 186 Å². The molecule has 13 rings (SSSR count). The van der Waals surface area contributed by atoms with Gasteiger partial charge in [-0.25, -0.2) is 0 Å². The van der Waals surface area contributed by atoms with Crippen LogP contribution in [0.25, 0.3) is 63.6 Å². The van der Waals surface area contributed by atoms with Crippen molar-refractivity contribution in [3.63, 3.8) is 0 Å². The van der Waals surface area contributed by atoms with Gasteiger partial charge in [0, 0.05) is 52.4 Å². The zero-order valence-electron chi connectivity index (χ0n) is 44.4. The van der Waals surface area contributed by atoms with Crippen LogP contribution in [0.15, 0.2) is 164 Å². The first-order valence-corrected chi connectivity index (χ1v) is 27.8. The molecule has 2 aliphatic rings. The second-order valence-corrected chi connectivity index (χ2v) is 27.1. The number of nitrogens with zero attached hydrogens (tertiary/aromatic N) is 2. The molecular formula is C68H63BN2S2. The fourth-order valence-electron chi connectivity index (χ4n) is 12.1. The Balaban J connectivity index is 1.16. The van der Waals surface area contributed by atoms with Crippen LogP contribution in [0, 0.1) is 0 Å². The minimum atomic E-state index is -0.0825. The molecule has 4 heterocycles. The van der Waals surface area contributed by atoms with Gasteiger partial charge in [-0.05, 0) is 148 Å². The smallest absolute Gasteiger partial charge is 0.277 e. The lowest BCUT2D eigenvalue weighted by atomic mass is 9.39. The van der Waals surface area contributed by atoms with E-state index in [4.69, 9.17) is 0 Å². The van der Waals surface area contributed by atoms with Crippen molar-refractivity contribution < 1.29 is 0 Å². The van der Waals surface area contributed by atoms with Crippen LogP contribution in [-0.2, 0) is 21.7 Å². The van der Waals surface area contributed by atoms with E-state index in [1.165, 1.54) is 135 Å². The van der Waals surface area contributed by atoms with Crippen molar-refractivity contribution >= 4 is 131 Å². The van der Waals surface area contributed by atoms with Crippen LogP contribution < -0.4 is 24.8 Å². The molecule has 5 heteroatoms. The fraction of sp³-hybridized carbons (Fsp3) is 0.235. The zero-order valence-corrected chi connectivity index (χ0v) is 46.0. The van der Waals surface area contributed by atoms with Gasteiger partial charge in [-0.15, -0.1) is 22.7 Å². The van der Waals surface area contributed by atoms with Gasteiger partial charge in [0.2, 0.25) is 0 Å². The van der Waals surface area contributed by atoms with E-state index in [9.17, 15) is 0 Å². The average Bonchev–Trinajstić information content (AvgIpc) is 3.94. The molecule has 0 aliphatic carbocycles. The molecule has 11 aromatic rings. The van der Waals surface area contributed by atoms with Crippen molar-refractivity contribution in [2.45, 2.75) is 105 Å². The topological polar surface area (TPSA) is 6.48 Å². The highest BCUT2D eigenvalue weighted by atomic mass is 32.1. The van der Waals surface area contributed by atoms with Crippen molar-refractivity contribution in [3.8, 4) is 11.1 Å². The lowest BCUT2D eigenvalue weighted by Crippen LogP contribution is -2.59. The van der Waals surface area contributed by atoms with E-state index >= 15 is 0 Å². The minimum Gasteiger partial charge on any atom is -0.310 e. The second kappa shape index (κ2) is 15.9. The highest BCUT2D eigenvalue weighted by Crippen LogP contribution is 2.54. The van der Waals surface area contributed by atoms with Crippen LogP contribution in [0.4, 0.5) is 34.1 Å². The van der Waals surface area contributed by atoms with Crippen molar-refractivity contribution in [1.82, 2.24) is 0 Å². The second-order valence-electron chi connectivity index (χ2n) is 25.0. The average molecular weight is 983 g/mol. The van der Waals surface area contributed by atoms with Crippen LogP contribution in [0.1, 0.15) is 105 Å². The number of rotatable bonds is 3. The Labute approximate surface area is 440 Å². The maximum absolute atomic E-state index is 2.71. The standard InChI is InChI=1S/C68H63BN2S2/c1-65(2,3)40-27-32-44(33-28-40)70-55-25-18-26-56-60(55)69(63-61(70)52-38-42(67(7,8)9)30-35-57(52)72-63)64-62(53-39-43(68(10,11)12)31-36-58(53)73-64)71(56)54-34-29-41(66(4,5)6)37-51(54)50-24-17-23-49-47-20-14-13-19-45(47)46-21-15-16-22-48(46)59(49)50/h13-39H,1-12H3. The third kappa shape index (κ3) is 7.09. The molecule has 2 aliphatic heterocycles. The van der Waals surface area contributed by atoms with E-state index in [1.54, 1.807) is 0 Å². The summed E-state index contributed by atoms with van der Waals surface area (Å²) in [5, 5.41) is 10.4. The Bertz CT molecular complexity index is 4040. The first-order chi connectivity index (χ1) is 34.8. The molecule has 0 saturated heterocycles. The zero-order chi connectivity index (χ0) is 50.7. The molecule has 0 fully saturated rings. The van der Waals surface area contributed by atoms with Crippen LogP contribution >= 0.6 is 22.7 Å². The maximum Gasteiger partial charge on any atom is 0.277 e. The summed E-state index contributed by atoms with van der Waals surface area (Å²) in [6.45, 7) is 28.1. The molecule has 0 N–H and O–H groups in total.